The molecule has 0 bridgehead atoms. The lowest BCUT2D eigenvalue weighted by molar-refractivity contribution is -0.123. The van der Waals surface area contributed by atoms with E-state index in [4.69, 9.17) is 9.84 Å². The monoisotopic (exact) mass is 342 g/mol. The highest BCUT2D eigenvalue weighted by atomic mass is 16.5. The van der Waals surface area contributed by atoms with E-state index in [2.05, 4.69) is 10.6 Å². The van der Waals surface area contributed by atoms with Gasteiger partial charge in [-0.1, -0.05) is 30.3 Å². The van der Waals surface area contributed by atoms with Crippen molar-refractivity contribution >= 4 is 17.8 Å². The molecule has 25 heavy (non-hydrogen) atoms. The van der Waals surface area contributed by atoms with Crippen LogP contribution in [0.25, 0.3) is 0 Å². The Bertz CT molecular complexity index is 746. The standard InChI is InChI=1S/C18H18N2O5/c21-16(12-25-13-6-2-1-3-7-13)19-10-11-20-17(22)14-8-4-5-9-15(14)18(23)24/h1-9H,10-12H2,(H,19,21)(H,20,22)(H,23,24). The number of hydrogen-bond acceptors (Lipinski definition) is 4. The molecule has 0 unspecified atom stereocenters. The van der Waals surface area contributed by atoms with Gasteiger partial charge in [0.15, 0.2) is 6.61 Å². The second kappa shape index (κ2) is 9.07. The van der Waals surface area contributed by atoms with Crippen LogP contribution in [-0.2, 0) is 4.79 Å². The molecule has 2 aromatic rings. The maximum absolute atomic E-state index is 12.0. The molecule has 0 heterocycles. The van der Waals surface area contributed by atoms with E-state index in [1.165, 1.54) is 12.1 Å². The number of rotatable bonds is 8. The summed E-state index contributed by atoms with van der Waals surface area (Å²) in [5, 5.41) is 14.2. The van der Waals surface area contributed by atoms with Crippen LogP contribution in [0.2, 0.25) is 0 Å². The summed E-state index contributed by atoms with van der Waals surface area (Å²) in [6, 6.07) is 14.9. The minimum atomic E-state index is -1.17. The number of carboxylic acids is 1. The van der Waals surface area contributed by atoms with Crippen molar-refractivity contribution in [2.24, 2.45) is 0 Å². The van der Waals surface area contributed by atoms with E-state index in [-0.39, 0.29) is 36.7 Å². The Labute approximate surface area is 144 Å². The molecule has 0 spiro atoms. The van der Waals surface area contributed by atoms with Gasteiger partial charge in [0.25, 0.3) is 11.8 Å². The molecule has 0 aliphatic heterocycles. The zero-order valence-electron chi connectivity index (χ0n) is 13.4. The van der Waals surface area contributed by atoms with Crippen molar-refractivity contribution < 1.29 is 24.2 Å². The van der Waals surface area contributed by atoms with Crippen LogP contribution >= 0.6 is 0 Å². The molecule has 7 heteroatoms. The molecule has 2 rings (SSSR count). The summed E-state index contributed by atoms with van der Waals surface area (Å²) in [5.41, 5.74) is 0.00836. The predicted octanol–water partition coefficient (Wildman–Crippen LogP) is 1.31. The second-order valence-electron chi connectivity index (χ2n) is 5.06. The minimum Gasteiger partial charge on any atom is -0.484 e. The molecular weight excluding hydrogens is 324 g/mol. The number of benzene rings is 2. The summed E-state index contributed by atoms with van der Waals surface area (Å²) in [7, 11) is 0. The van der Waals surface area contributed by atoms with Crippen molar-refractivity contribution in [1.82, 2.24) is 10.6 Å². The number of ether oxygens (including phenoxy) is 1. The molecule has 0 aliphatic carbocycles. The van der Waals surface area contributed by atoms with Crippen molar-refractivity contribution in [3.05, 3.63) is 65.7 Å². The van der Waals surface area contributed by atoms with Crippen LogP contribution in [0.3, 0.4) is 0 Å². The lowest BCUT2D eigenvalue weighted by atomic mass is 10.1. The van der Waals surface area contributed by atoms with E-state index in [9.17, 15) is 14.4 Å². The maximum atomic E-state index is 12.0. The Balaban J connectivity index is 1.71. The Morgan fingerprint density at radius 2 is 1.44 bits per heavy atom. The molecule has 2 amide bonds. The number of carboxylic acid groups (broad SMARTS) is 1. The molecule has 0 atom stereocenters. The van der Waals surface area contributed by atoms with Crippen molar-refractivity contribution in [2.75, 3.05) is 19.7 Å². The van der Waals surface area contributed by atoms with E-state index < -0.39 is 11.9 Å². The number of hydrogen-bond donors (Lipinski definition) is 3. The van der Waals surface area contributed by atoms with Crippen molar-refractivity contribution in [3.63, 3.8) is 0 Å². The number of aromatic carboxylic acids is 1. The molecule has 7 nitrogen and oxygen atoms in total. The van der Waals surface area contributed by atoms with Gasteiger partial charge in [-0.2, -0.15) is 0 Å². The summed E-state index contributed by atoms with van der Waals surface area (Å²) in [6.07, 6.45) is 0. The zero-order chi connectivity index (χ0) is 18.1. The van der Waals surface area contributed by atoms with Crippen molar-refractivity contribution in [1.29, 1.82) is 0 Å². The van der Waals surface area contributed by atoms with Gasteiger partial charge in [-0.15, -0.1) is 0 Å². The third-order valence-corrected chi connectivity index (χ3v) is 3.25. The third-order valence-electron chi connectivity index (χ3n) is 3.25. The number of carbonyl (C=O) groups excluding carboxylic acids is 2. The van der Waals surface area contributed by atoms with Gasteiger partial charge in [0.05, 0.1) is 11.1 Å². The lowest BCUT2D eigenvalue weighted by Gasteiger charge is -2.09. The first-order chi connectivity index (χ1) is 12.1. The van der Waals surface area contributed by atoms with Crippen LogP contribution in [0.4, 0.5) is 0 Å². The lowest BCUT2D eigenvalue weighted by Crippen LogP contribution is -2.37. The van der Waals surface area contributed by atoms with Gasteiger partial charge in [0, 0.05) is 13.1 Å². The Morgan fingerprint density at radius 1 is 0.840 bits per heavy atom. The van der Waals surface area contributed by atoms with Gasteiger partial charge in [-0.05, 0) is 24.3 Å². The molecule has 0 aliphatic rings. The molecule has 0 aromatic heterocycles. The number of nitrogens with one attached hydrogen (secondary N) is 2. The normalized spacial score (nSPS) is 9.92. The van der Waals surface area contributed by atoms with Gasteiger partial charge in [-0.25, -0.2) is 4.79 Å². The second-order valence-corrected chi connectivity index (χ2v) is 5.06. The first-order valence-electron chi connectivity index (χ1n) is 7.63. The van der Waals surface area contributed by atoms with E-state index in [0.717, 1.165) is 0 Å². The fraction of sp³-hybridized carbons (Fsp3) is 0.167. The van der Waals surface area contributed by atoms with E-state index in [1.54, 1.807) is 36.4 Å². The summed E-state index contributed by atoms with van der Waals surface area (Å²) < 4.78 is 5.29. The topological polar surface area (TPSA) is 105 Å². The minimum absolute atomic E-state index is 0.0692. The average Bonchev–Trinajstić information content (AvgIpc) is 2.64. The highest BCUT2D eigenvalue weighted by molar-refractivity contribution is 6.04. The molecular formula is C18H18N2O5. The Morgan fingerprint density at radius 3 is 2.12 bits per heavy atom. The molecule has 0 radical (unpaired) electrons. The molecule has 0 saturated heterocycles. The summed E-state index contributed by atoms with van der Waals surface area (Å²) in [6.45, 7) is 0.252. The van der Waals surface area contributed by atoms with Crippen molar-refractivity contribution in [2.45, 2.75) is 0 Å². The largest absolute Gasteiger partial charge is 0.484 e. The molecule has 0 saturated carbocycles. The van der Waals surface area contributed by atoms with Gasteiger partial charge in [0.2, 0.25) is 0 Å². The Kier molecular flexibility index (Phi) is 6.53. The van der Waals surface area contributed by atoms with Crippen LogP contribution < -0.4 is 15.4 Å². The summed E-state index contributed by atoms with van der Waals surface area (Å²) in [5.74, 6) is -1.40. The maximum Gasteiger partial charge on any atom is 0.336 e. The van der Waals surface area contributed by atoms with Crippen LogP contribution in [0.5, 0.6) is 5.75 Å². The van der Waals surface area contributed by atoms with Crippen LogP contribution in [-0.4, -0.2) is 42.6 Å². The summed E-state index contributed by atoms with van der Waals surface area (Å²) in [4.78, 5) is 34.7. The van der Waals surface area contributed by atoms with Crippen LogP contribution in [0.15, 0.2) is 54.6 Å². The SMILES string of the molecule is O=C(COc1ccccc1)NCCNC(=O)c1ccccc1C(=O)O. The first-order valence-corrected chi connectivity index (χ1v) is 7.63. The fourth-order valence-electron chi connectivity index (χ4n) is 2.06. The number of para-hydroxylation sites is 1. The third kappa shape index (κ3) is 5.65. The smallest absolute Gasteiger partial charge is 0.336 e. The zero-order valence-corrected chi connectivity index (χ0v) is 13.4. The van der Waals surface area contributed by atoms with Gasteiger partial charge in [-0.3, -0.25) is 9.59 Å². The van der Waals surface area contributed by atoms with E-state index >= 15 is 0 Å². The van der Waals surface area contributed by atoms with Gasteiger partial charge in [0.1, 0.15) is 5.75 Å². The van der Waals surface area contributed by atoms with E-state index in [1.807, 2.05) is 6.07 Å². The summed E-state index contributed by atoms with van der Waals surface area (Å²) >= 11 is 0. The molecule has 130 valence electrons. The first kappa shape index (κ1) is 18.0. The predicted molar refractivity (Wildman–Crippen MR) is 90.7 cm³/mol. The van der Waals surface area contributed by atoms with Crippen molar-refractivity contribution in [3.8, 4) is 5.75 Å². The van der Waals surface area contributed by atoms with Crippen LogP contribution in [0.1, 0.15) is 20.7 Å². The van der Waals surface area contributed by atoms with Gasteiger partial charge < -0.3 is 20.5 Å². The molecule has 0 fully saturated rings. The highest BCUT2D eigenvalue weighted by Gasteiger charge is 2.15. The molecule has 2 aromatic carbocycles. The van der Waals surface area contributed by atoms with E-state index in [0.29, 0.717) is 5.75 Å². The highest BCUT2D eigenvalue weighted by Crippen LogP contribution is 2.08. The fourth-order valence-corrected chi connectivity index (χ4v) is 2.06. The van der Waals surface area contributed by atoms with Crippen LogP contribution in [0, 0.1) is 0 Å². The number of carbonyl (C=O) groups is 3. The molecule has 3 N–H and O–H groups in total. The quantitative estimate of drug-likeness (QED) is 0.628. The number of amides is 2. The van der Waals surface area contributed by atoms with Gasteiger partial charge >= 0.3 is 5.97 Å². The Hall–Kier alpha value is -3.35. The average molecular weight is 342 g/mol.